The largest absolute Gasteiger partial charge is 0.457 e. The number of aromatic nitrogens is 1. The van der Waals surface area contributed by atoms with Crippen LogP contribution < -0.4 is 0 Å². The maximum Gasteiger partial charge on any atom is 0.307 e. The smallest absolute Gasteiger partial charge is 0.307 e. The summed E-state index contributed by atoms with van der Waals surface area (Å²) in [5.41, 5.74) is 2.37. The minimum absolute atomic E-state index is 0.109. The van der Waals surface area contributed by atoms with E-state index in [1.54, 1.807) is 19.2 Å². The summed E-state index contributed by atoms with van der Waals surface area (Å²) in [7, 11) is 1.64. The number of Topliss-reactive ketones (excluding diaryl/α,β-unsaturated/α-hetero) is 1. The lowest BCUT2D eigenvalue weighted by atomic mass is 10.1. The molecule has 1 unspecified atom stereocenters. The molecule has 0 aliphatic rings. The van der Waals surface area contributed by atoms with Crippen LogP contribution in [0, 0.1) is 19.7 Å². The van der Waals surface area contributed by atoms with Crippen molar-refractivity contribution in [1.29, 1.82) is 0 Å². The molecular weight excluding hydrogens is 381 g/mol. The van der Waals surface area contributed by atoms with Gasteiger partial charge in [0.2, 0.25) is 5.78 Å². The van der Waals surface area contributed by atoms with Gasteiger partial charge in [0.15, 0.2) is 6.61 Å². The summed E-state index contributed by atoms with van der Waals surface area (Å²) in [6.07, 6.45) is 0.180. The molecule has 1 atom stereocenters. The van der Waals surface area contributed by atoms with Crippen molar-refractivity contribution in [3.8, 4) is 0 Å². The Morgan fingerprint density at radius 1 is 1.21 bits per heavy atom. The molecule has 0 saturated heterocycles. The van der Waals surface area contributed by atoms with Crippen molar-refractivity contribution < 1.29 is 23.5 Å². The Labute approximate surface area is 169 Å². The quantitative estimate of drug-likeness (QED) is 0.333. The number of carbonyl (C=O) groups excluding carboxylic acids is 2. The summed E-state index contributed by atoms with van der Waals surface area (Å²) < 4.78 is 25.2. The third-order valence-corrected chi connectivity index (χ3v) is 5.40. The average Bonchev–Trinajstić information content (AvgIpc) is 2.96. The highest BCUT2D eigenvalue weighted by Crippen LogP contribution is 2.22. The molecule has 1 aromatic carbocycles. The van der Waals surface area contributed by atoms with E-state index < -0.39 is 5.97 Å². The van der Waals surface area contributed by atoms with E-state index in [-0.39, 0.29) is 30.7 Å². The molecule has 1 heterocycles. The third-order valence-electron chi connectivity index (χ3n) is 4.39. The first-order valence-corrected chi connectivity index (χ1v) is 10.1. The molecule has 0 fully saturated rings. The van der Waals surface area contributed by atoms with Gasteiger partial charge in [-0.15, -0.1) is 11.8 Å². The molecule has 28 heavy (non-hydrogen) atoms. The summed E-state index contributed by atoms with van der Waals surface area (Å²) in [5, 5.41) is 0. The molecule has 0 N–H and O–H groups in total. The number of thioether (sulfide) groups is 1. The number of ether oxygens (including phenoxy) is 2. The number of aryl methyl sites for hydroxylation is 1. The SMILES string of the molecule is COCC(C)n1c(C)cc(C(=O)COC(=O)CCSc2ccc(F)cc2)c1C. The highest BCUT2D eigenvalue weighted by Gasteiger charge is 2.19. The van der Waals surface area contributed by atoms with E-state index in [4.69, 9.17) is 9.47 Å². The molecular formula is C21H26FNO4S. The fourth-order valence-corrected chi connectivity index (χ4v) is 3.97. The Balaban J connectivity index is 1.83. The van der Waals surface area contributed by atoms with Gasteiger partial charge in [-0.05, 0) is 51.1 Å². The van der Waals surface area contributed by atoms with Gasteiger partial charge < -0.3 is 14.0 Å². The zero-order valence-corrected chi connectivity index (χ0v) is 17.5. The first-order valence-electron chi connectivity index (χ1n) is 9.08. The van der Waals surface area contributed by atoms with Crippen molar-refractivity contribution in [3.63, 3.8) is 0 Å². The Morgan fingerprint density at radius 2 is 1.89 bits per heavy atom. The monoisotopic (exact) mass is 407 g/mol. The number of halogens is 1. The highest BCUT2D eigenvalue weighted by atomic mass is 32.2. The van der Waals surface area contributed by atoms with Crippen LogP contribution in [0.25, 0.3) is 0 Å². The van der Waals surface area contributed by atoms with Crippen molar-refractivity contribution in [2.24, 2.45) is 0 Å². The topological polar surface area (TPSA) is 57.5 Å². The normalized spacial score (nSPS) is 12.0. The molecule has 0 aliphatic carbocycles. The van der Waals surface area contributed by atoms with E-state index in [1.165, 1.54) is 23.9 Å². The number of hydrogen-bond donors (Lipinski definition) is 0. The van der Waals surface area contributed by atoms with Crippen molar-refractivity contribution in [1.82, 2.24) is 4.57 Å². The molecule has 152 valence electrons. The molecule has 2 rings (SSSR count). The molecule has 0 aliphatic heterocycles. The zero-order chi connectivity index (χ0) is 20.7. The molecule has 0 radical (unpaired) electrons. The summed E-state index contributed by atoms with van der Waals surface area (Å²) >= 11 is 1.44. The molecule has 0 amide bonds. The predicted octanol–water partition coefficient (Wildman–Crippen LogP) is 4.36. The molecule has 0 spiro atoms. The second kappa shape index (κ2) is 10.4. The lowest BCUT2D eigenvalue weighted by molar-refractivity contribution is -0.141. The Morgan fingerprint density at radius 3 is 2.54 bits per heavy atom. The van der Waals surface area contributed by atoms with Gasteiger partial charge in [0.25, 0.3) is 0 Å². The van der Waals surface area contributed by atoms with Gasteiger partial charge in [0.1, 0.15) is 5.82 Å². The van der Waals surface area contributed by atoms with Crippen LogP contribution in [0.1, 0.15) is 41.1 Å². The first kappa shape index (κ1) is 22.2. The maximum atomic E-state index is 12.9. The third kappa shape index (κ3) is 5.94. The van der Waals surface area contributed by atoms with E-state index in [0.29, 0.717) is 17.9 Å². The van der Waals surface area contributed by atoms with Crippen LogP contribution in [0.3, 0.4) is 0 Å². The number of hydrogen-bond acceptors (Lipinski definition) is 5. The number of rotatable bonds is 10. The van der Waals surface area contributed by atoms with Crippen LogP contribution >= 0.6 is 11.8 Å². The van der Waals surface area contributed by atoms with Crippen LogP contribution in [0.2, 0.25) is 0 Å². The van der Waals surface area contributed by atoms with Gasteiger partial charge in [-0.1, -0.05) is 0 Å². The minimum Gasteiger partial charge on any atom is -0.457 e. The Kier molecular flexibility index (Phi) is 8.26. The van der Waals surface area contributed by atoms with Gasteiger partial charge in [-0.25, -0.2) is 4.39 Å². The van der Waals surface area contributed by atoms with Crippen LogP contribution in [0.5, 0.6) is 0 Å². The molecule has 7 heteroatoms. The van der Waals surface area contributed by atoms with E-state index >= 15 is 0 Å². The van der Waals surface area contributed by atoms with E-state index in [2.05, 4.69) is 4.57 Å². The van der Waals surface area contributed by atoms with Gasteiger partial charge in [-0.3, -0.25) is 9.59 Å². The summed E-state index contributed by atoms with van der Waals surface area (Å²) in [4.78, 5) is 25.3. The summed E-state index contributed by atoms with van der Waals surface area (Å²) in [6, 6.07) is 8.01. The first-order chi connectivity index (χ1) is 13.3. The highest BCUT2D eigenvalue weighted by molar-refractivity contribution is 7.99. The van der Waals surface area contributed by atoms with E-state index in [9.17, 15) is 14.0 Å². The zero-order valence-electron chi connectivity index (χ0n) is 16.7. The van der Waals surface area contributed by atoms with Gasteiger partial charge in [0.05, 0.1) is 19.1 Å². The van der Waals surface area contributed by atoms with Crippen LogP contribution in [-0.2, 0) is 14.3 Å². The van der Waals surface area contributed by atoms with Gasteiger partial charge in [-0.2, -0.15) is 0 Å². The van der Waals surface area contributed by atoms with Crippen molar-refractivity contribution in [3.05, 3.63) is 53.1 Å². The fraction of sp³-hybridized carbons (Fsp3) is 0.429. The number of benzene rings is 1. The number of nitrogens with zero attached hydrogens (tertiary/aromatic N) is 1. The summed E-state index contributed by atoms with van der Waals surface area (Å²) in [5.74, 6) is -0.437. The van der Waals surface area contributed by atoms with Crippen LogP contribution in [-0.4, -0.2) is 42.4 Å². The number of carbonyl (C=O) groups is 2. The standard InChI is InChI=1S/C21H26FNO4S/c1-14-11-19(16(3)23(14)15(2)12-26-4)20(24)13-27-21(25)9-10-28-18-7-5-17(22)6-8-18/h5-8,11,15H,9-10,12-13H2,1-4H3. The van der Waals surface area contributed by atoms with Crippen LogP contribution in [0.4, 0.5) is 4.39 Å². The second-order valence-corrected chi connectivity index (χ2v) is 7.76. The Hall–Kier alpha value is -2.12. The summed E-state index contributed by atoms with van der Waals surface area (Å²) in [6.45, 7) is 6.12. The van der Waals surface area contributed by atoms with E-state index in [1.807, 2.05) is 26.8 Å². The second-order valence-electron chi connectivity index (χ2n) is 6.60. The van der Waals surface area contributed by atoms with Crippen molar-refractivity contribution >= 4 is 23.5 Å². The number of ketones is 1. The van der Waals surface area contributed by atoms with Gasteiger partial charge >= 0.3 is 5.97 Å². The molecule has 0 saturated carbocycles. The Bertz CT molecular complexity index is 817. The molecule has 0 bridgehead atoms. The van der Waals surface area contributed by atoms with E-state index in [0.717, 1.165) is 16.3 Å². The van der Waals surface area contributed by atoms with Crippen LogP contribution in [0.15, 0.2) is 35.2 Å². The molecule has 5 nitrogen and oxygen atoms in total. The predicted molar refractivity (Wildman–Crippen MR) is 108 cm³/mol. The maximum absolute atomic E-state index is 12.9. The van der Waals surface area contributed by atoms with Gasteiger partial charge in [0, 0.05) is 34.7 Å². The lowest BCUT2D eigenvalue weighted by Gasteiger charge is -2.17. The lowest BCUT2D eigenvalue weighted by Crippen LogP contribution is -2.17. The molecule has 1 aromatic heterocycles. The van der Waals surface area contributed by atoms with Crippen molar-refractivity contribution in [2.75, 3.05) is 26.1 Å². The number of methoxy groups -OCH3 is 1. The number of esters is 1. The van der Waals surface area contributed by atoms with Crippen molar-refractivity contribution in [2.45, 2.75) is 38.1 Å². The fourth-order valence-electron chi connectivity index (χ4n) is 3.13. The molecule has 2 aromatic rings. The average molecular weight is 408 g/mol. The minimum atomic E-state index is -0.426.